The lowest BCUT2D eigenvalue weighted by atomic mass is 10.1. The highest BCUT2D eigenvalue weighted by atomic mass is 79.9. The molecule has 5 nitrogen and oxygen atoms in total. The normalized spacial score (nSPS) is 22.3. The van der Waals surface area contributed by atoms with E-state index in [1.54, 1.807) is 0 Å². The predicted molar refractivity (Wildman–Crippen MR) is 84.1 cm³/mol. The summed E-state index contributed by atoms with van der Waals surface area (Å²) in [6, 6.07) is 4.09. The molecule has 1 saturated heterocycles. The van der Waals surface area contributed by atoms with Crippen molar-refractivity contribution >= 4 is 15.9 Å². The molecule has 0 amide bonds. The van der Waals surface area contributed by atoms with Crippen LogP contribution in [0, 0.1) is 0 Å². The van der Waals surface area contributed by atoms with E-state index in [1.807, 2.05) is 13.1 Å². The molecule has 0 spiro atoms. The van der Waals surface area contributed by atoms with Crippen LogP contribution in [0.25, 0.3) is 0 Å². The average Bonchev–Trinajstić information content (AvgIpc) is 2.49. The molecule has 6 heteroatoms. The Hall–Kier alpha value is -0.820. The van der Waals surface area contributed by atoms with Crippen LogP contribution in [0.2, 0.25) is 0 Å². The summed E-state index contributed by atoms with van der Waals surface area (Å²) in [4.78, 5) is 2.42. The molecular formula is C15H21BrN2O3. The standard InChI is InChI=1S/C15H21BrN2O3/c1-17-8-12-10-18(2-3-19-12)9-11-6-14-15(7-13(11)16)21-5-4-20-14/h6-7,12,17H,2-5,8-10H2,1H3. The van der Waals surface area contributed by atoms with Crippen molar-refractivity contribution in [2.75, 3.05) is 46.5 Å². The summed E-state index contributed by atoms with van der Waals surface area (Å²) in [5, 5.41) is 3.18. The number of benzene rings is 1. The number of ether oxygens (including phenoxy) is 3. The van der Waals surface area contributed by atoms with E-state index >= 15 is 0 Å². The largest absolute Gasteiger partial charge is 0.486 e. The maximum Gasteiger partial charge on any atom is 0.162 e. The fourth-order valence-corrected chi connectivity index (χ4v) is 3.19. The number of hydrogen-bond donors (Lipinski definition) is 1. The Morgan fingerprint density at radius 3 is 2.76 bits per heavy atom. The molecule has 116 valence electrons. The van der Waals surface area contributed by atoms with Gasteiger partial charge in [0.2, 0.25) is 0 Å². The van der Waals surface area contributed by atoms with Crippen LogP contribution in [-0.2, 0) is 11.3 Å². The van der Waals surface area contributed by atoms with E-state index in [4.69, 9.17) is 14.2 Å². The molecule has 21 heavy (non-hydrogen) atoms. The van der Waals surface area contributed by atoms with Crippen molar-refractivity contribution in [1.82, 2.24) is 10.2 Å². The molecule has 3 rings (SSSR count). The van der Waals surface area contributed by atoms with Gasteiger partial charge in [0.25, 0.3) is 0 Å². The van der Waals surface area contributed by atoms with Crippen LogP contribution < -0.4 is 14.8 Å². The molecule has 0 saturated carbocycles. The second-order valence-electron chi connectivity index (χ2n) is 5.37. The van der Waals surface area contributed by atoms with Crippen LogP contribution in [0.4, 0.5) is 0 Å². The van der Waals surface area contributed by atoms with Crippen LogP contribution in [0.3, 0.4) is 0 Å². The van der Waals surface area contributed by atoms with E-state index in [9.17, 15) is 0 Å². The summed E-state index contributed by atoms with van der Waals surface area (Å²) < 4.78 is 18.1. The Labute approximate surface area is 133 Å². The van der Waals surface area contributed by atoms with Crippen molar-refractivity contribution in [3.63, 3.8) is 0 Å². The molecule has 1 unspecified atom stereocenters. The van der Waals surface area contributed by atoms with Gasteiger partial charge in [0.1, 0.15) is 13.2 Å². The molecular weight excluding hydrogens is 336 g/mol. The number of hydrogen-bond acceptors (Lipinski definition) is 5. The lowest BCUT2D eigenvalue weighted by Crippen LogP contribution is -2.45. The minimum atomic E-state index is 0.264. The van der Waals surface area contributed by atoms with Crippen LogP contribution in [-0.4, -0.2) is 57.5 Å². The number of fused-ring (bicyclic) bond motifs is 1. The second-order valence-corrected chi connectivity index (χ2v) is 6.23. The Balaban J connectivity index is 1.69. The smallest absolute Gasteiger partial charge is 0.162 e. The fraction of sp³-hybridized carbons (Fsp3) is 0.600. The molecule has 1 fully saturated rings. The van der Waals surface area contributed by atoms with Gasteiger partial charge in [0, 0.05) is 30.7 Å². The third-order valence-electron chi connectivity index (χ3n) is 3.76. The summed E-state index contributed by atoms with van der Waals surface area (Å²) in [7, 11) is 1.96. The van der Waals surface area contributed by atoms with E-state index in [1.165, 1.54) is 5.56 Å². The molecule has 1 atom stereocenters. The van der Waals surface area contributed by atoms with Gasteiger partial charge in [-0.15, -0.1) is 0 Å². The van der Waals surface area contributed by atoms with Crippen LogP contribution in [0.15, 0.2) is 16.6 Å². The second kappa shape index (κ2) is 6.96. The summed E-state index contributed by atoms with van der Waals surface area (Å²) in [5.41, 5.74) is 1.23. The first-order valence-electron chi connectivity index (χ1n) is 7.33. The van der Waals surface area contributed by atoms with Gasteiger partial charge in [-0.05, 0) is 24.7 Å². The molecule has 0 bridgehead atoms. The summed E-state index contributed by atoms with van der Waals surface area (Å²) in [6.07, 6.45) is 0.264. The maximum atomic E-state index is 5.75. The Morgan fingerprint density at radius 2 is 2.00 bits per heavy atom. The zero-order valence-electron chi connectivity index (χ0n) is 12.2. The minimum absolute atomic E-state index is 0.264. The fourth-order valence-electron chi connectivity index (χ4n) is 2.74. The van der Waals surface area contributed by atoms with Crippen LogP contribution >= 0.6 is 15.9 Å². The van der Waals surface area contributed by atoms with E-state index < -0.39 is 0 Å². The highest BCUT2D eigenvalue weighted by molar-refractivity contribution is 9.10. The SMILES string of the molecule is CNCC1CN(Cc2cc3c(cc2Br)OCCO3)CCO1. The van der Waals surface area contributed by atoms with Crippen molar-refractivity contribution in [3.05, 3.63) is 22.2 Å². The summed E-state index contributed by atoms with van der Waals surface area (Å²) >= 11 is 3.64. The first-order chi connectivity index (χ1) is 10.3. The van der Waals surface area contributed by atoms with Gasteiger partial charge in [-0.25, -0.2) is 0 Å². The molecule has 2 aliphatic heterocycles. The zero-order valence-corrected chi connectivity index (χ0v) is 13.8. The summed E-state index contributed by atoms with van der Waals surface area (Å²) in [6.45, 7) is 5.71. The molecule has 2 aliphatic rings. The zero-order chi connectivity index (χ0) is 14.7. The molecule has 1 N–H and O–H groups in total. The number of rotatable bonds is 4. The van der Waals surface area contributed by atoms with E-state index in [0.29, 0.717) is 13.2 Å². The third-order valence-corrected chi connectivity index (χ3v) is 4.50. The average molecular weight is 357 g/mol. The van der Waals surface area contributed by atoms with Crippen molar-refractivity contribution in [2.45, 2.75) is 12.6 Å². The predicted octanol–water partition coefficient (Wildman–Crippen LogP) is 1.64. The number of nitrogens with zero attached hydrogens (tertiary/aromatic N) is 1. The highest BCUT2D eigenvalue weighted by Gasteiger charge is 2.22. The Kier molecular flexibility index (Phi) is 5.00. The lowest BCUT2D eigenvalue weighted by Gasteiger charge is -2.33. The molecule has 0 aliphatic carbocycles. The van der Waals surface area contributed by atoms with Crippen LogP contribution in [0.5, 0.6) is 11.5 Å². The van der Waals surface area contributed by atoms with E-state index in [0.717, 1.165) is 48.8 Å². The van der Waals surface area contributed by atoms with Gasteiger partial charge in [-0.2, -0.15) is 0 Å². The number of halogens is 1. The van der Waals surface area contributed by atoms with Gasteiger partial charge >= 0.3 is 0 Å². The molecule has 2 heterocycles. The van der Waals surface area contributed by atoms with E-state index in [2.05, 4.69) is 32.2 Å². The van der Waals surface area contributed by atoms with Gasteiger partial charge in [0.15, 0.2) is 11.5 Å². The third kappa shape index (κ3) is 3.69. The van der Waals surface area contributed by atoms with Gasteiger partial charge in [-0.1, -0.05) is 15.9 Å². The van der Waals surface area contributed by atoms with Crippen molar-refractivity contribution in [1.29, 1.82) is 0 Å². The van der Waals surface area contributed by atoms with Crippen LogP contribution in [0.1, 0.15) is 5.56 Å². The van der Waals surface area contributed by atoms with Crippen molar-refractivity contribution in [3.8, 4) is 11.5 Å². The molecule has 1 aromatic rings. The van der Waals surface area contributed by atoms with Crippen molar-refractivity contribution < 1.29 is 14.2 Å². The topological polar surface area (TPSA) is 43.0 Å². The quantitative estimate of drug-likeness (QED) is 0.888. The van der Waals surface area contributed by atoms with Gasteiger partial charge in [0.05, 0.1) is 12.7 Å². The molecule has 1 aromatic carbocycles. The summed E-state index contributed by atoms with van der Waals surface area (Å²) in [5.74, 6) is 1.67. The number of nitrogens with one attached hydrogen (secondary N) is 1. The Bertz CT molecular complexity index is 496. The molecule has 0 aromatic heterocycles. The number of likely N-dealkylation sites (N-methyl/N-ethyl adjacent to an activating group) is 1. The highest BCUT2D eigenvalue weighted by Crippen LogP contribution is 2.36. The lowest BCUT2D eigenvalue weighted by molar-refractivity contribution is -0.0292. The Morgan fingerprint density at radius 1 is 1.24 bits per heavy atom. The number of morpholine rings is 1. The monoisotopic (exact) mass is 356 g/mol. The van der Waals surface area contributed by atoms with Gasteiger partial charge < -0.3 is 19.5 Å². The first-order valence-corrected chi connectivity index (χ1v) is 8.12. The van der Waals surface area contributed by atoms with E-state index in [-0.39, 0.29) is 6.10 Å². The van der Waals surface area contributed by atoms with Gasteiger partial charge in [-0.3, -0.25) is 4.90 Å². The molecule has 0 radical (unpaired) electrons. The van der Waals surface area contributed by atoms with Crippen molar-refractivity contribution in [2.24, 2.45) is 0 Å². The maximum absolute atomic E-state index is 5.75. The minimum Gasteiger partial charge on any atom is -0.486 e. The first kappa shape index (κ1) is 15.1.